The van der Waals surface area contributed by atoms with E-state index in [0.29, 0.717) is 0 Å². The SMILES string of the molecule is CCCCCCCCN(S)CC. The lowest BCUT2D eigenvalue weighted by molar-refractivity contribution is 0.467. The fraction of sp³-hybridized carbons (Fsp3) is 1.00. The molecule has 0 aliphatic rings. The van der Waals surface area contributed by atoms with E-state index in [1.54, 1.807) is 0 Å². The van der Waals surface area contributed by atoms with Gasteiger partial charge in [-0.25, -0.2) is 0 Å². The molecule has 0 atom stereocenters. The van der Waals surface area contributed by atoms with E-state index in [4.69, 9.17) is 0 Å². The molecule has 0 bridgehead atoms. The molecular formula is C10H23NS. The smallest absolute Gasteiger partial charge is 0.00868 e. The van der Waals surface area contributed by atoms with Crippen LogP contribution in [-0.4, -0.2) is 17.4 Å². The normalized spacial score (nSPS) is 11.0. The minimum atomic E-state index is 1.05. The first-order chi connectivity index (χ1) is 5.81. The van der Waals surface area contributed by atoms with Crippen molar-refractivity contribution in [3.05, 3.63) is 0 Å². The molecule has 0 amide bonds. The van der Waals surface area contributed by atoms with Crippen LogP contribution in [0, 0.1) is 0 Å². The van der Waals surface area contributed by atoms with Crippen molar-refractivity contribution >= 4 is 12.8 Å². The number of rotatable bonds is 8. The van der Waals surface area contributed by atoms with E-state index in [0.717, 1.165) is 13.1 Å². The topological polar surface area (TPSA) is 3.24 Å². The van der Waals surface area contributed by atoms with Gasteiger partial charge >= 0.3 is 0 Å². The summed E-state index contributed by atoms with van der Waals surface area (Å²) in [4.78, 5) is 0. The molecule has 0 aromatic carbocycles. The van der Waals surface area contributed by atoms with Crippen molar-refractivity contribution in [3.63, 3.8) is 0 Å². The van der Waals surface area contributed by atoms with Crippen molar-refractivity contribution in [3.8, 4) is 0 Å². The Balaban J connectivity index is 2.90. The maximum atomic E-state index is 4.31. The van der Waals surface area contributed by atoms with Crippen molar-refractivity contribution in [2.24, 2.45) is 0 Å². The molecule has 74 valence electrons. The molecule has 0 spiro atoms. The summed E-state index contributed by atoms with van der Waals surface area (Å²) in [5.41, 5.74) is 0. The second-order valence-corrected chi connectivity index (χ2v) is 3.88. The fourth-order valence-corrected chi connectivity index (χ4v) is 1.37. The molecule has 0 aliphatic carbocycles. The molecule has 0 aromatic heterocycles. The zero-order chi connectivity index (χ0) is 9.23. The monoisotopic (exact) mass is 189 g/mol. The predicted molar refractivity (Wildman–Crippen MR) is 59.6 cm³/mol. The third-order valence-corrected chi connectivity index (χ3v) is 2.62. The molecule has 2 heteroatoms. The van der Waals surface area contributed by atoms with Crippen LogP contribution in [0.25, 0.3) is 0 Å². The second kappa shape index (κ2) is 9.40. The first-order valence-electron chi connectivity index (χ1n) is 5.25. The minimum absolute atomic E-state index is 1.05. The lowest BCUT2D eigenvalue weighted by Gasteiger charge is -2.11. The van der Waals surface area contributed by atoms with Crippen LogP contribution in [0.15, 0.2) is 0 Å². The minimum Gasteiger partial charge on any atom is -0.254 e. The zero-order valence-corrected chi connectivity index (χ0v) is 9.45. The Labute approximate surface area is 83.1 Å². The molecule has 0 fully saturated rings. The average molecular weight is 189 g/mol. The molecule has 0 rings (SSSR count). The molecule has 0 aromatic rings. The first kappa shape index (κ1) is 12.3. The van der Waals surface area contributed by atoms with E-state index in [9.17, 15) is 0 Å². The summed E-state index contributed by atoms with van der Waals surface area (Å²) in [6.07, 6.45) is 8.23. The Morgan fingerprint density at radius 3 is 2.08 bits per heavy atom. The number of nitrogens with zero attached hydrogens (tertiary/aromatic N) is 1. The molecule has 0 saturated heterocycles. The standard InChI is InChI=1S/C10H23NS/c1-3-5-6-7-8-9-10-11(12)4-2/h12H,3-10H2,1-2H3. The van der Waals surface area contributed by atoms with Gasteiger partial charge in [0.1, 0.15) is 0 Å². The number of hydrogen-bond acceptors (Lipinski definition) is 2. The summed E-state index contributed by atoms with van der Waals surface area (Å²) in [6, 6.07) is 0. The molecule has 12 heavy (non-hydrogen) atoms. The highest BCUT2D eigenvalue weighted by atomic mass is 32.1. The van der Waals surface area contributed by atoms with Gasteiger partial charge in [0.2, 0.25) is 0 Å². The van der Waals surface area contributed by atoms with Crippen molar-refractivity contribution in [1.82, 2.24) is 4.31 Å². The van der Waals surface area contributed by atoms with Gasteiger partial charge < -0.3 is 0 Å². The zero-order valence-electron chi connectivity index (χ0n) is 8.55. The van der Waals surface area contributed by atoms with Gasteiger partial charge in [0.25, 0.3) is 0 Å². The molecule has 0 N–H and O–H groups in total. The first-order valence-corrected chi connectivity index (χ1v) is 5.65. The van der Waals surface area contributed by atoms with Gasteiger partial charge in [-0.2, -0.15) is 0 Å². The Bertz CT molecular complexity index is 85.9. The van der Waals surface area contributed by atoms with Crippen molar-refractivity contribution in [2.75, 3.05) is 13.1 Å². The van der Waals surface area contributed by atoms with E-state index >= 15 is 0 Å². The van der Waals surface area contributed by atoms with Crippen LogP contribution in [0.1, 0.15) is 52.4 Å². The Morgan fingerprint density at radius 2 is 1.50 bits per heavy atom. The number of unbranched alkanes of at least 4 members (excludes halogenated alkanes) is 5. The Hall–Kier alpha value is 0.310. The van der Waals surface area contributed by atoms with Crippen LogP contribution in [0.5, 0.6) is 0 Å². The molecular weight excluding hydrogens is 166 g/mol. The van der Waals surface area contributed by atoms with Crippen molar-refractivity contribution in [2.45, 2.75) is 52.4 Å². The molecule has 0 saturated carbocycles. The lowest BCUT2D eigenvalue weighted by Crippen LogP contribution is -2.12. The van der Waals surface area contributed by atoms with Gasteiger partial charge in [-0.05, 0) is 6.42 Å². The quantitative estimate of drug-likeness (QED) is 0.452. The maximum Gasteiger partial charge on any atom is 0.00868 e. The van der Waals surface area contributed by atoms with E-state index < -0.39 is 0 Å². The van der Waals surface area contributed by atoms with E-state index in [1.807, 2.05) is 0 Å². The predicted octanol–water partition coefficient (Wildman–Crippen LogP) is 3.51. The lowest BCUT2D eigenvalue weighted by atomic mass is 10.1. The average Bonchev–Trinajstić information content (AvgIpc) is 2.10. The van der Waals surface area contributed by atoms with Crippen molar-refractivity contribution in [1.29, 1.82) is 0 Å². The van der Waals surface area contributed by atoms with Crippen LogP contribution < -0.4 is 0 Å². The highest BCUT2D eigenvalue weighted by molar-refractivity contribution is 7.77. The van der Waals surface area contributed by atoms with Gasteiger partial charge in [0.15, 0.2) is 0 Å². The van der Waals surface area contributed by atoms with Crippen molar-refractivity contribution < 1.29 is 0 Å². The molecule has 0 heterocycles. The maximum absolute atomic E-state index is 4.31. The van der Waals surface area contributed by atoms with Gasteiger partial charge in [-0.3, -0.25) is 4.31 Å². The molecule has 0 aliphatic heterocycles. The van der Waals surface area contributed by atoms with Gasteiger partial charge in [0.05, 0.1) is 0 Å². The Kier molecular flexibility index (Phi) is 9.64. The second-order valence-electron chi connectivity index (χ2n) is 3.31. The van der Waals surface area contributed by atoms with Crippen LogP contribution >= 0.6 is 12.8 Å². The Morgan fingerprint density at radius 1 is 0.917 bits per heavy atom. The van der Waals surface area contributed by atoms with E-state index in [2.05, 4.69) is 31.0 Å². The summed E-state index contributed by atoms with van der Waals surface area (Å²) in [5.74, 6) is 0. The summed E-state index contributed by atoms with van der Waals surface area (Å²) in [5, 5.41) is 0. The number of thiol groups is 1. The van der Waals surface area contributed by atoms with Gasteiger partial charge in [-0.1, -0.05) is 58.8 Å². The summed E-state index contributed by atoms with van der Waals surface area (Å²) in [6.45, 7) is 6.60. The summed E-state index contributed by atoms with van der Waals surface area (Å²) >= 11 is 4.31. The van der Waals surface area contributed by atoms with Crippen LogP contribution in [0.4, 0.5) is 0 Å². The van der Waals surface area contributed by atoms with Crippen LogP contribution in [0.3, 0.4) is 0 Å². The van der Waals surface area contributed by atoms with E-state index in [-0.39, 0.29) is 0 Å². The summed E-state index contributed by atoms with van der Waals surface area (Å²) in [7, 11) is 0. The third kappa shape index (κ3) is 8.41. The molecule has 1 nitrogen and oxygen atoms in total. The number of hydrogen-bond donors (Lipinski definition) is 1. The largest absolute Gasteiger partial charge is 0.254 e. The summed E-state index contributed by atoms with van der Waals surface area (Å²) < 4.78 is 2.08. The highest BCUT2D eigenvalue weighted by Gasteiger charge is 1.94. The highest BCUT2D eigenvalue weighted by Crippen LogP contribution is 2.06. The van der Waals surface area contributed by atoms with E-state index in [1.165, 1.54) is 38.5 Å². The van der Waals surface area contributed by atoms with Crippen LogP contribution in [-0.2, 0) is 0 Å². The van der Waals surface area contributed by atoms with Gasteiger partial charge in [0, 0.05) is 13.1 Å². The van der Waals surface area contributed by atoms with Gasteiger partial charge in [-0.15, -0.1) is 0 Å². The molecule has 0 unspecified atom stereocenters. The molecule has 0 radical (unpaired) electrons. The fourth-order valence-electron chi connectivity index (χ4n) is 1.23. The van der Waals surface area contributed by atoms with Crippen LogP contribution in [0.2, 0.25) is 0 Å². The third-order valence-electron chi connectivity index (χ3n) is 2.13.